The molecule has 2 aromatic carbocycles. The third-order valence-electron chi connectivity index (χ3n) is 8.59. The largest absolute Gasteiger partial charge is 0.354 e. The van der Waals surface area contributed by atoms with Gasteiger partial charge in [-0.25, -0.2) is 9.18 Å². The summed E-state index contributed by atoms with van der Waals surface area (Å²) < 4.78 is 16.7. The van der Waals surface area contributed by atoms with Gasteiger partial charge >= 0.3 is 5.69 Å². The van der Waals surface area contributed by atoms with Gasteiger partial charge in [-0.1, -0.05) is 23.7 Å². The number of aromatic nitrogens is 3. The van der Waals surface area contributed by atoms with Gasteiger partial charge in [0.1, 0.15) is 5.65 Å². The van der Waals surface area contributed by atoms with Gasteiger partial charge in [0, 0.05) is 35.3 Å². The predicted octanol–water partition coefficient (Wildman–Crippen LogP) is 5.65. The molecule has 0 spiro atoms. The molecular formula is C33H43ClFN7O. The Morgan fingerprint density at radius 2 is 1.93 bits per heavy atom. The summed E-state index contributed by atoms with van der Waals surface area (Å²) in [6.07, 6.45) is 8.76. The number of halogens is 2. The van der Waals surface area contributed by atoms with E-state index in [1.54, 1.807) is 18.3 Å². The van der Waals surface area contributed by atoms with Crippen LogP contribution in [0.3, 0.4) is 0 Å². The average Bonchev–Trinajstić information content (AvgIpc) is 3.37. The molecule has 8 nitrogen and oxygen atoms in total. The molecule has 0 radical (unpaired) electrons. The van der Waals surface area contributed by atoms with E-state index in [0.717, 1.165) is 49.9 Å². The molecule has 2 aromatic heterocycles. The second kappa shape index (κ2) is 13.7. The summed E-state index contributed by atoms with van der Waals surface area (Å²) >= 11 is 6.27. The molecule has 1 aliphatic heterocycles. The standard InChI is InChI=1S/C33H43ClFN7O/c1-20(36)6-4-7-22-16-27(31(35)28(34)17-22)29-18-24-19-42(33(43)40-32(24)39-29)26-12-10-23(11-13-26)30-9-5-8-25(41(30)3)14-15-38-21(2)37/h10-13,16-21,25,30,38H,4-9,14-15,36-37H2,1-3H3,(H,39,40,43)/t20-,21?,25-,30-/m0/s1. The van der Waals surface area contributed by atoms with Crippen LogP contribution in [0.1, 0.15) is 69.5 Å². The molecule has 0 bridgehead atoms. The Kier molecular flexibility index (Phi) is 9.99. The van der Waals surface area contributed by atoms with Gasteiger partial charge < -0.3 is 21.8 Å². The molecule has 0 amide bonds. The second-order valence-corrected chi connectivity index (χ2v) is 12.5. The van der Waals surface area contributed by atoms with Gasteiger partial charge in [-0.05, 0) is 114 Å². The first kappa shape index (κ1) is 31.3. The first-order valence-corrected chi connectivity index (χ1v) is 15.7. The number of benzene rings is 2. The highest BCUT2D eigenvalue weighted by Gasteiger charge is 2.28. The number of H-pyrrole nitrogens is 1. The number of hydrogen-bond acceptors (Lipinski definition) is 6. The first-order valence-electron chi connectivity index (χ1n) is 15.3. The van der Waals surface area contributed by atoms with Crippen LogP contribution in [-0.4, -0.2) is 51.3 Å². The lowest BCUT2D eigenvalue weighted by atomic mass is 9.90. The van der Waals surface area contributed by atoms with Crippen molar-refractivity contribution in [1.29, 1.82) is 0 Å². The van der Waals surface area contributed by atoms with Crippen molar-refractivity contribution in [2.24, 2.45) is 11.5 Å². The molecule has 1 aliphatic rings. The molecular weight excluding hydrogens is 565 g/mol. The zero-order valence-electron chi connectivity index (χ0n) is 25.2. The molecule has 3 heterocycles. The Morgan fingerprint density at radius 3 is 2.65 bits per heavy atom. The highest BCUT2D eigenvalue weighted by molar-refractivity contribution is 6.31. The molecule has 4 aromatic rings. The SMILES string of the molecule is CC(N)NCC[C@@H]1CCC[C@@H](c2ccc(-n3cc4cc(-c5cc(CCC[C@H](C)N)cc(Cl)c5F)[nH]c4nc3=O)cc2)N1C. The normalized spacial score (nSPS) is 19.1. The molecule has 0 saturated carbocycles. The van der Waals surface area contributed by atoms with Crippen molar-refractivity contribution in [2.45, 2.75) is 83.1 Å². The highest BCUT2D eigenvalue weighted by atomic mass is 35.5. The zero-order chi connectivity index (χ0) is 30.7. The predicted molar refractivity (Wildman–Crippen MR) is 173 cm³/mol. The third kappa shape index (κ3) is 7.36. The van der Waals surface area contributed by atoms with Crippen LogP contribution in [0.4, 0.5) is 4.39 Å². The van der Waals surface area contributed by atoms with E-state index in [2.05, 4.69) is 39.4 Å². The van der Waals surface area contributed by atoms with Gasteiger partial charge in [0.05, 0.1) is 22.6 Å². The van der Waals surface area contributed by atoms with E-state index in [-0.39, 0.29) is 17.2 Å². The summed E-state index contributed by atoms with van der Waals surface area (Å²) in [5.41, 5.74) is 15.5. The van der Waals surface area contributed by atoms with Crippen LogP contribution in [0.25, 0.3) is 28.0 Å². The minimum Gasteiger partial charge on any atom is -0.339 e. The lowest BCUT2D eigenvalue weighted by Crippen LogP contribution is -2.42. The van der Waals surface area contributed by atoms with E-state index < -0.39 is 11.5 Å². The van der Waals surface area contributed by atoms with E-state index in [0.29, 0.717) is 34.4 Å². The Balaban J connectivity index is 1.36. The fourth-order valence-electron chi connectivity index (χ4n) is 6.23. The molecule has 230 valence electrons. The summed E-state index contributed by atoms with van der Waals surface area (Å²) in [6, 6.07) is 14.4. The van der Waals surface area contributed by atoms with Crippen molar-refractivity contribution in [1.82, 2.24) is 24.8 Å². The van der Waals surface area contributed by atoms with Gasteiger partial charge in [0.25, 0.3) is 0 Å². The van der Waals surface area contributed by atoms with Crippen molar-refractivity contribution < 1.29 is 4.39 Å². The van der Waals surface area contributed by atoms with Crippen molar-refractivity contribution in [3.63, 3.8) is 0 Å². The minimum atomic E-state index is -0.505. The number of nitrogens with one attached hydrogen (secondary N) is 2. The van der Waals surface area contributed by atoms with Crippen LogP contribution in [0.2, 0.25) is 5.02 Å². The van der Waals surface area contributed by atoms with Crippen molar-refractivity contribution >= 4 is 22.6 Å². The van der Waals surface area contributed by atoms with Crippen LogP contribution in [0.15, 0.2) is 53.5 Å². The maximum Gasteiger partial charge on any atom is 0.354 e. The van der Waals surface area contributed by atoms with Crippen LogP contribution in [-0.2, 0) is 6.42 Å². The van der Waals surface area contributed by atoms with Crippen LogP contribution in [0, 0.1) is 5.82 Å². The molecule has 1 fully saturated rings. The monoisotopic (exact) mass is 607 g/mol. The van der Waals surface area contributed by atoms with E-state index in [4.69, 9.17) is 23.1 Å². The fourth-order valence-corrected chi connectivity index (χ4v) is 6.47. The number of piperidine rings is 1. The molecule has 0 aliphatic carbocycles. The van der Waals surface area contributed by atoms with E-state index in [1.807, 2.05) is 32.0 Å². The topological polar surface area (TPSA) is 118 Å². The summed E-state index contributed by atoms with van der Waals surface area (Å²) in [5, 5.41) is 4.09. The number of aryl methyl sites for hydroxylation is 1. The summed E-state index contributed by atoms with van der Waals surface area (Å²) in [6.45, 7) is 4.83. The van der Waals surface area contributed by atoms with Crippen LogP contribution >= 0.6 is 11.6 Å². The maximum absolute atomic E-state index is 15.1. The van der Waals surface area contributed by atoms with E-state index >= 15 is 4.39 Å². The number of nitrogens with two attached hydrogens (primary N) is 2. The van der Waals surface area contributed by atoms with Crippen LogP contribution in [0.5, 0.6) is 0 Å². The first-order chi connectivity index (χ1) is 20.6. The minimum absolute atomic E-state index is 0.00118. The van der Waals surface area contributed by atoms with Crippen molar-refractivity contribution in [3.8, 4) is 16.9 Å². The number of rotatable bonds is 11. The van der Waals surface area contributed by atoms with Gasteiger partial charge in [-0.3, -0.25) is 9.47 Å². The smallest absolute Gasteiger partial charge is 0.339 e. The Hall–Kier alpha value is -3.08. The van der Waals surface area contributed by atoms with Crippen molar-refractivity contribution in [3.05, 3.63) is 81.1 Å². The Labute approximate surface area is 257 Å². The van der Waals surface area contributed by atoms with Gasteiger partial charge in [0.15, 0.2) is 5.82 Å². The molecule has 5 rings (SSSR count). The molecule has 4 atom stereocenters. The fraction of sp³-hybridized carbons (Fsp3) is 0.455. The molecule has 1 saturated heterocycles. The number of aromatic amines is 1. The number of hydrogen-bond donors (Lipinski definition) is 4. The number of nitrogens with zero attached hydrogens (tertiary/aromatic N) is 3. The summed E-state index contributed by atoms with van der Waals surface area (Å²) in [7, 11) is 2.20. The lowest BCUT2D eigenvalue weighted by molar-refractivity contribution is 0.108. The van der Waals surface area contributed by atoms with E-state index in [9.17, 15) is 4.79 Å². The number of fused-ring (bicyclic) bond motifs is 1. The summed E-state index contributed by atoms with van der Waals surface area (Å²) in [5.74, 6) is -0.505. The van der Waals surface area contributed by atoms with Crippen LogP contribution < -0.4 is 22.5 Å². The molecule has 10 heteroatoms. The van der Waals surface area contributed by atoms with Gasteiger partial charge in [-0.15, -0.1) is 0 Å². The Morgan fingerprint density at radius 1 is 1.16 bits per heavy atom. The average molecular weight is 608 g/mol. The third-order valence-corrected chi connectivity index (χ3v) is 8.87. The highest BCUT2D eigenvalue weighted by Crippen LogP contribution is 2.35. The molecule has 1 unspecified atom stereocenters. The Bertz CT molecular complexity index is 1600. The maximum atomic E-state index is 15.1. The second-order valence-electron chi connectivity index (χ2n) is 12.1. The zero-order valence-corrected chi connectivity index (χ0v) is 26.0. The van der Waals surface area contributed by atoms with Crippen molar-refractivity contribution in [2.75, 3.05) is 13.6 Å². The molecule has 6 N–H and O–H groups in total. The number of likely N-dealkylation sites (tertiary alicyclic amines) is 1. The quantitative estimate of drug-likeness (QED) is 0.164. The van der Waals surface area contributed by atoms with Gasteiger partial charge in [0.2, 0.25) is 0 Å². The lowest BCUT2D eigenvalue weighted by Gasteiger charge is -2.40. The summed E-state index contributed by atoms with van der Waals surface area (Å²) in [4.78, 5) is 22.9. The van der Waals surface area contributed by atoms with E-state index in [1.165, 1.54) is 23.0 Å². The molecule has 43 heavy (non-hydrogen) atoms. The van der Waals surface area contributed by atoms with Gasteiger partial charge in [-0.2, -0.15) is 4.98 Å².